The Kier molecular flexibility index (Phi) is 20.0. The van der Waals surface area contributed by atoms with Crippen LogP contribution in [0.4, 0.5) is 0 Å². The number of halogens is 1. The Morgan fingerprint density at radius 1 is 0.739 bits per heavy atom. The first-order valence-electron chi connectivity index (χ1n) is 9.42. The molecule has 0 heterocycles. The van der Waals surface area contributed by atoms with Crippen molar-refractivity contribution in [3.05, 3.63) is 12.7 Å². The van der Waals surface area contributed by atoms with Crippen LogP contribution in [-0.2, 0) is 0 Å². The minimum atomic E-state index is 0. The second-order valence-electron chi connectivity index (χ2n) is 6.61. The van der Waals surface area contributed by atoms with Crippen LogP contribution < -0.4 is 12.4 Å². The van der Waals surface area contributed by atoms with Gasteiger partial charge in [0.2, 0.25) is 0 Å². The van der Waals surface area contributed by atoms with Crippen LogP contribution in [0.5, 0.6) is 0 Å². The number of rotatable bonds is 17. The van der Waals surface area contributed by atoms with Gasteiger partial charge < -0.3 is 27.1 Å². The fraction of sp³-hybridized carbons (Fsp3) is 0.895. The van der Waals surface area contributed by atoms with Gasteiger partial charge in [-0.25, -0.2) is 0 Å². The SMILES string of the molecule is C=CC[N+](CCO)(CCO)CCCCCCCCCCCC.[Cl-]. The van der Waals surface area contributed by atoms with Gasteiger partial charge in [0.25, 0.3) is 0 Å². The summed E-state index contributed by atoms with van der Waals surface area (Å²) in [6, 6.07) is 0. The van der Waals surface area contributed by atoms with Gasteiger partial charge in [0, 0.05) is 0 Å². The first kappa shape index (κ1) is 25.2. The first-order valence-corrected chi connectivity index (χ1v) is 9.42. The molecule has 0 aromatic carbocycles. The average Bonchev–Trinajstić information content (AvgIpc) is 2.50. The molecule has 0 saturated carbocycles. The summed E-state index contributed by atoms with van der Waals surface area (Å²) >= 11 is 0. The molecule has 0 rings (SSSR count). The number of nitrogens with zero attached hydrogens (tertiary/aromatic N) is 1. The molecule has 0 aromatic heterocycles. The quantitative estimate of drug-likeness (QED) is 0.233. The fourth-order valence-electron chi connectivity index (χ4n) is 3.24. The molecule has 0 atom stereocenters. The van der Waals surface area contributed by atoms with Crippen LogP contribution in [0.1, 0.15) is 71.1 Å². The van der Waals surface area contributed by atoms with Gasteiger partial charge in [0.15, 0.2) is 0 Å². The number of unbranched alkanes of at least 4 members (excludes halogenated alkanes) is 9. The van der Waals surface area contributed by atoms with Gasteiger partial charge in [0.05, 0.1) is 26.3 Å². The molecule has 0 radical (unpaired) electrons. The summed E-state index contributed by atoms with van der Waals surface area (Å²) in [5.74, 6) is 0. The lowest BCUT2D eigenvalue weighted by molar-refractivity contribution is -0.923. The maximum atomic E-state index is 9.28. The van der Waals surface area contributed by atoms with Crippen molar-refractivity contribution in [3.63, 3.8) is 0 Å². The predicted octanol–water partition coefficient (Wildman–Crippen LogP) is 0.899. The molecule has 2 N–H and O–H groups in total. The summed E-state index contributed by atoms with van der Waals surface area (Å²) in [4.78, 5) is 0. The van der Waals surface area contributed by atoms with Gasteiger partial charge in [-0.05, 0) is 18.9 Å². The van der Waals surface area contributed by atoms with Crippen LogP contribution >= 0.6 is 0 Å². The molecule has 0 fully saturated rings. The molecule has 0 bridgehead atoms. The summed E-state index contributed by atoms with van der Waals surface area (Å²) in [5.41, 5.74) is 0. The summed E-state index contributed by atoms with van der Waals surface area (Å²) in [6.07, 6.45) is 15.3. The van der Waals surface area contributed by atoms with Crippen molar-refractivity contribution in [2.75, 3.05) is 39.4 Å². The Bertz CT molecular complexity index is 244. The number of hydrogen-bond acceptors (Lipinski definition) is 2. The Morgan fingerprint density at radius 3 is 1.57 bits per heavy atom. The maximum Gasteiger partial charge on any atom is 0.102 e. The van der Waals surface area contributed by atoms with Crippen molar-refractivity contribution in [3.8, 4) is 0 Å². The molecule has 0 spiro atoms. The Balaban J connectivity index is 0. The predicted molar refractivity (Wildman–Crippen MR) is 95.9 cm³/mol. The van der Waals surface area contributed by atoms with E-state index in [1.807, 2.05) is 6.08 Å². The summed E-state index contributed by atoms with van der Waals surface area (Å²) in [7, 11) is 0. The van der Waals surface area contributed by atoms with Gasteiger partial charge >= 0.3 is 0 Å². The molecular formula is C19H40ClNO2. The second kappa shape index (κ2) is 18.3. The number of aliphatic hydroxyl groups is 2. The normalized spacial score (nSPS) is 11.3. The third-order valence-corrected chi connectivity index (χ3v) is 4.65. The van der Waals surface area contributed by atoms with E-state index in [-0.39, 0.29) is 25.6 Å². The van der Waals surface area contributed by atoms with Crippen molar-refractivity contribution >= 4 is 0 Å². The van der Waals surface area contributed by atoms with E-state index >= 15 is 0 Å². The highest BCUT2D eigenvalue weighted by Gasteiger charge is 2.24. The van der Waals surface area contributed by atoms with E-state index in [1.165, 1.54) is 64.2 Å². The molecule has 0 saturated heterocycles. The first-order chi connectivity index (χ1) is 10.7. The summed E-state index contributed by atoms with van der Waals surface area (Å²) in [5, 5.41) is 18.6. The van der Waals surface area contributed by atoms with Gasteiger partial charge in [-0.2, -0.15) is 0 Å². The van der Waals surface area contributed by atoms with Crippen molar-refractivity contribution in [1.29, 1.82) is 0 Å². The average molecular weight is 350 g/mol. The smallest absolute Gasteiger partial charge is 0.102 e. The standard InChI is InChI=1S/C19H40NO2.ClH/c1-3-5-6-7-8-9-10-11-12-13-15-20(14-4-2,16-18-21)17-19-22;/h4,21-22H,2-3,5-19H2,1H3;1H/q+1;/p-1. The van der Waals surface area contributed by atoms with Crippen molar-refractivity contribution in [1.82, 2.24) is 0 Å². The van der Waals surface area contributed by atoms with E-state index in [2.05, 4.69) is 13.5 Å². The van der Waals surface area contributed by atoms with E-state index in [0.717, 1.165) is 30.7 Å². The molecule has 0 amide bonds. The molecule has 4 heteroatoms. The number of quaternary nitrogens is 1. The van der Waals surface area contributed by atoms with Crippen molar-refractivity contribution in [2.24, 2.45) is 0 Å². The zero-order valence-electron chi connectivity index (χ0n) is 15.3. The summed E-state index contributed by atoms with van der Waals surface area (Å²) in [6.45, 7) is 9.81. The van der Waals surface area contributed by atoms with Crippen LogP contribution in [0.2, 0.25) is 0 Å². The third-order valence-electron chi connectivity index (χ3n) is 4.65. The molecule has 0 aliphatic rings. The lowest BCUT2D eigenvalue weighted by Gasteiger charge is -2.37. The maximum absolute atomic E-state index is 9.28. The van der Waals surface area contributed by atoms with E-state index in [1.54, 1.807) is 0 Å². The van der Waals surface area contributed by atoms with E-state index < -0.39 is 0 Å². The molecule has 0 aliphatic carbocycles. The van der Waals surface area contributed by atoms with Gasteiger partial charge in [0.1, 0.15) is 13.1 Å². The molecule has 0 aromatic rings. The van der Waals surface area contributed by atoms with Crippen LogP contribution in [0.15, 0.2) is 12.7 Å². The van der Waals surface area contributed by atoms with Crippen LogP contribution in [0.3, 0.4) is 0 Å². The van der Waals surface area contributed by atoms with Crippen molar-refractivity contribution < 1.29 is 27.1 Å². The number of aliphatic hydroxyl groups excluding tert-OH is 2. The van der Waals surface area contributed by atoms with Gasteiger partial charge in [-0.3, -0.25) is 0 Å². The Hall–Kier alpha value is -0.0900. The highest BCUT2D eigenvalue weighted by molar-refractivity contribution is 4.66. The fourth-order valence-corrected chi connectivity index (χ4v) is 3.24. The van der Waals surface area contributed by atoms with E-state index in [9.17, 15) is 10.2 Å². The topological polar surface area (TPSA) is 40.5 Å². The zero-order chi connectivity index (χ0) is 16.5. The van der Waals surface area contributed by atoms with E-state index in [0.29, 0.717) is 0 Å². The highest BCUT2D eigenvalue weighted by atomic mass is 35.5. The van der Waals surface area contributed by atoms with Gasteiger partial charge in [-0.1, -0.05) is 64.9 Å². The molecular weight excluding hydrogens is 310 g/mol. The summed E-state index contributed by atoms with van der Waals surface area (Å²) < 4.78 is 0.785. The molecule has 23 heavy (non-hydrogen) atoms. The van der Waals surface area contributed by atoms with Crippen molar-refractivity contribution in [2.45, 2.75) is 71.1 Å². The number of hydrogen-bond donors (Lipinski definition) is 2. The third kappa shape index (κ3) is 14.0. The van der Waals surface area contributed by atoms with Crippen LogP contribution in [0, 0.1) is 0 Å². The van der Waals surface area contributed by atoms with E-state index in [4.69, 9.17) is 0 Å². The zero-order valence-corrected chi connectivity index (χ0v) is 16.1. The van der Waals surface area contributed by atoms with Gasteiger partial charge in [-0.15, -0.1) is 0 Å². The Labute approximate surface area is 150 Å². The Morgan fingerprint density at radius 2 is 1.17 bits per heavy atom. The van der Waals surface area contributed by atoms with Crippen LogP contribution in [-0.4, -0.2) is 54.1 Å². The highest BCUT2D eigenvalue weighted by Crippen LogP contribution is 2.13. The lowest BCUT2D eigenvalue weighted by atomic mass is 10.1. The molecule has 0 unspecified atom stereocenters. The monoisotopic (exact) mass is 349 g/mol. The minimum Gasteiger partial charge on any atom is -1.00 e. The second-order valence-corrected chi connectivity index (χ2v) is 6.61. The lowest BCUT2D eigenvalue weighted by Crippen LogP contribution is -3.00. The molecule has 3 nitrogen and oxygen atoms in total. The van der Waals surface area contributed by atoms with Crippen LogP contribution in [0.25, 0.3) is 0 Å². The minimum absolute atomic E-state index is 0. The molecule has 140 valence electrons. The molecule has 0 aliphatic heterocycles. The largest absolute Gasteiger partial charge is 1.00 e.